The van der Waals surface area contributed by atoms with Crippen LogP contribution in [0.25, 0.3) is 0 Å². The third-order valence-electron chi connectivity index (χ3n) is 4.53. The Morgan fingerprint density at radius 3 is 2.25 bits per heavy atom. The maximum absolute atomic E-state index is 12.7. The fourth-order valence-corrected chi connectivity index (χ4v) is 4.61. The number of sulfonamides is 1. The highest BCUT2D eigenvalue weighted by Crippen LogP contribution is 2.24. The van der Waals surface area contributed by atoms with Crippen LogP contribution in [0.15, 0.2) is 47.4 Å². The summed E-state index contributed by atoms with van der Waals surface area (Å²) in [7, 11) is -3.48. The number of benzene rings is 2. The Labute approximate surface area is 148 Å². The van der Waals surface area contributed by atoms with E-state index in [0.29, 0.717) is 31.2 Å². The zero-order valence-corrected chi connectivity index (χ0v) is 15.4. The Morgan fingerprint density at radius 2 is 1.62 bits per heavy atom. The number of aryl methyl sites for hydroxylation is 2. The van der Waals surface area contributed by atoms with E-state index in [1.54, 1.807) is 18.2 Å². The van der Waals surface area contributed by atoms with E-state index in [0.717, 1.165) is 5.69 Å². The van der Waals surface area contributed by atoms with Gasteiger partial charge in [0.2, 0.25) is 10.0 Å². The summed E-state index contributed by atoms with van der Waals surface area (Å²) >= 11 is 5.93. The lowest BCUT2D eigenvalue weighted by molar-refractivity contribution is 0.385. The number of anilines is 1. The first-order chi connectivity index (χ1) is 11.4. The molecule has 0 radical (unpaired) electrons. The minimum absolute atomic E-state index is 0.259. The fraction of sp³-hybridized carbons (Fsp3) is 0.333. The maximum atomic E-state index is 12.7. The van der Waals surface area contributed by atoms with Crippen molar-refractivity contribution in [1.29, 1.82) is 0 Å². The van der Waals surface area contributed by atoms with Gasteiger partial charge in [0.1, 0.15) is 0 Å². The smallest absolute Gasteiger partial charge is 0.243 e. The van der Waals surface area contributed by atoms with E-state index in [1.807, 2.05) is 0 Å². The molecule has 24 heavy (non-hydrogen) atoms. The van der Waals surface area contributed by atoms with Gasteiger partial charge in [0, 0.05) is 36.9 Å². The lowest BCUT2D eigenvalue weighted by atomic mass is 10.1. The lowest BCUT2D eigenvalue weighted by Crippen LogP contribution is -2.48. The van der Waals surface area contributed by atoms with Crippen molar-refractivity contribution >= 4 is 27.3 Å². The van der Waals surface area contributed by atoms with E-state index in [9.17, 15) is 8.42 Å². The predicted octanol–water partition coefficient (Wildman–Crippen LogP) is 3.47. The van der Waals surface area contributed by atoms with Crippen molar-refractivity contribution in [2.75, 3.05) is 31.1 Å². The van der Waals surface area contributed by atoms with Gasteiger partial charge in [-0.25, -0.2) is 8.42 Å². The molecule has 1 heterocycles. The van der Waals surface area contributed by atoms with Crippen LogP contribution in [-0.2, 0) is 10.0 Å². The Kier molecular flexibility index (Phi) is 4.85. The molecule has 0 amide bonds. The van der Waals surface area contributed by atoms with Gasteiger partial charge in [0.15, 0.2) is 0 Å². The molecule has 1 saturated heterocycles. The third-order valence-corrected chi connectivity index (χ3v) is 6.66. The molecule has 0 atom stereocenters. The van der Waals surface area contributed by atoms with Crippen molar-refractivity contribution in [3.05, 3.63) is 58.6 Å². The summed E-state index contributed by atoms with van der Waals surface area (Å²) in [4.78, 5) is 2.49. The molecule has 128 valence electrons. The van der Waals surface area contributed by atoms with Crippen molar-refractivity contribution in [1.82, 2.24) is 4.31 Å². The monoisotopic (exact) mass is 364 g/mol. The molecule has 4 nitrogen and oxygen atoms in total. The van der Waals surface area contributed by atoms with Gasteiger partial charge >= 0.3 is 0 Å². The van der Waals surface area contributed by atoms with Gasteiger partial charge in [-0.15, -0.1) is 0 Å². The summed E-state index contributed by atoms with van der Waals surface area (Å²) in [5.74, 6) is 0. The Balaban J connectivity index is 1.73. The summed E-state index contributed by atoms with van der Waals surface area (Å²) in [6, 6.07) is 12.8. The van der Waals surface area contributed by atoms with Gasteiger partial charge in [-0.1, -0.05) is 23.7 Å². The standard InChI is InChI=1S/C18H21ClN2O2S/c1-14-6-7-17(12-15(14)2)20-8-10-21(11-9-20)24(22,23)18-5-3-4-16(19)13-18/h3-7,12-13H,8-11H2,1-2H3. The average Bonchev–Trinajstić information content (AvgIpc) is 2.57. The molecule has 0 unspecified atom stereocenters. The number of hydrogen-bond acceptors (Lipinski definition) is 3. The second kappa shape index (κ2) is 6.75. The molecule has 1 aliphatic heterocycles. The summed E-state index contributed by atoms with van der Waals surface area (Å²) in [5.41, 5.74) is 3.67. The highest BCUT2D eigenvalue weighted by Gasteiger charge is 2.28. The third kappa shape index (κ3) is 3.43. The second-order valence-electron chi connectivity index (χ2n) is 6.12. The number of hydrogen-bond donors (Lipinski definition) is 0. The molecule has 6 heteroatoms. The van der Waals surface area contributed by atoms with Crippen molar-refractivity contribution < 1.29 is 8.42 Å². The molecule has 0 N–H and O–H groups in total. The van der Waals surface area contributed by atoms with Crippen LogP contribution in [-0.4, -0.2) is 38.9 Å². The first kappa shape index (κ1) is 17.3. The van der Waals surface area contributed by atoms with Gasteiger partial charge in [-0.3, -0.25) is 0 Å². The minimum Gasteiger partial charge on any atom is -0.369 e. The minimum atomic E-state index is -3.48. The number of piperazine rings is 1. The van der Waals surface area contributed by atoms with E-state index in [4.69, 9.17) is 11.6 Å². The zero-order valence-electron chi connectivity index (χ0n) is 13.9. The SMILES string of the molecule is Cc1ccc(N2CCN(S(=O)(=O)c3cccc(Cl)c3)CC2)cc1C. The Bertz CT molecular complexity index is 844. The van der Waals surface area contributed by atoms with E-state index in [1.165, 1.54) is 21.5 Å². The molecule has 0 aromatic heterocycles. The van der Waals surface area contributed by atoms with Crippen LogP contribution >= 0.6 is 11.6 Å². The van der Waals surface area contributed by atoms with Crippen molar-refractivity contribution in [2.45, 2.75) is 18.7 Å². The largest absolute Gasteiger partial charge is 0.369 e. The second-order valence-corrected chi connectivity index (χ2v) is 8.49. The van der Waals surface area contributed by atoms with Gasteiger partial charge in [0.05, 0.1) is 4.90 Å². The summed E-state index contributed by atoms with van der Waals surface area (Å²) < 4.78 is 27.0. The first-order valence-electron chi connectivity index (χ1n) is 7.96. The molecule has 0 bridgehead atoms. The summed E-state index contributed by atoms with van der Waals surface area (Å²) in [6.07, 6.45) is 0. The quantitative estimate of drug-likeness (QED) is 0.837. The Morgan fingerprint density at radius 1 is 0.917 bits per heavy atom. The van der Waals surface area contributed by atoms with E-state index < -0.39 is 10.0 Å². The molecule has 1 fully saturated rings. The highest BCUT2D eigenvalue weighted by molar-refractivity contribution is 7.89. The molecule has 0 spiro atoms. The van der Waals surface area contributed by atoms with Crippen LogP contribution in [0, 0.1) is 13.8 Å². The van der Waals surface area contributed by atoms with Crippen LogP contribution in [0.4, 0.5) is 5.69 Å². The van der Waals surface area contributed by atoms with Crippen LogP contribution in [0.3, 0.4) is 0 Å². The van der Waals surface area contributed by atoms with Crippen LogP contribution in [0.1, 0.15) is 11.1 Å². The molecule has 0 aliphatic carbocycles. The molecular formula is C18H21ClN2O2S. The van der Waals surface area contributed by atoms with E-state index in [-0.39, 0.29) is 4.90 Å². The molecule has 2 aromatic carbocycles. The van der Waals surface area contributed by atoms with Gasteiger partial charge in [0.25, 0.3) is 0 Å². The van der Waals surface area contributed by atoms with Crippen LogP contribution < -0.4 is 4.90 Å². The fourth-order valence-electron chi connectivity index (χ4n) is 2.89. The summed E-state index contributed by atoms with van der Waals surface area (Å²) in [6.45, 7) is 6.50. The van der Waals surface area contributed by atoms with Crippen molar-refractivity contribution in [3.8, 4) is 0 Å². The first-order valence-corrected chi connectivity index (χ1v) is 9.77. The Hall–Kier alpha value is -1.56. The number of nitrogens with zero attached hydrogens (tertiary/aromatic N) is 2. The van der Waals surface area contributed by atoms with Gasteiger partial charge < -0.3 is 4.90 Å². The molecule has 3 rings (SSSR count). The zero-order chi connectivity index (χ0) is 17.3. The van der Waals surface area contributed by atoms with Crippen molar-refractivity contribution in [2.24, 2.45) is 0 Å². The topological polar surface area (TPSA) is 40.6 Å². The van der Waals surface area contributed by atoms with Crippen LogP contribution in [0.2, 0.25) is 5.02 Å². The highest BCUT2D eigenvalue weighted by atomic mass is 35.5. The molecule has 1 aliphatic rings. The molecule has 2 aromatic rings. The van der Waals surface area contributed by atoms with Gasteiger partial charge in [-0.2, -0.15) is 4.31 Å². The van der Waals surface area contributed by atoms with E-state index in [2.05, 4.69) is 36.9 Å². The lowest BCUT2D eigenvalue weighted by Gasteiger charge is -2.35. The number of halogens is 1. The normalized spacial score (nSPS) is 16.4. The van der Waals surface area contributed by atoms with Crippen molar-refractivity contribution in [3.63, 3.8) is 0 Å². The van der Waals surface area contributed by atoms with E-state index >= 15 is 0 Å². The van der Waals surface area contributed by atoms with Gasteiger partial charge in [-0.05, 0) is 55.3 Å². The van der Waals surface area contributed by atoms with Crippen LogP contribution in [0.5, 0.6) is 0 Å². The average molecular weight is 365 g/mol. The number of rotatable bonds is 3. The predicted molar refractivity (Wildman–Crippen MR) is 98.3 cm³/mol. The molecular weight excluding hydrogens is 344 g/mol. The molecule has 0 saturated carbocycles. The summed E-state index contributed by atoms with van der Waals surface area (Å²) in [5, 5.41) is 0.435. The maximum Gasteiger partial charge on any atom is 0.243 e.